The number of fused-ring (bicyclic) bond motifs is 1. The molecule has 1 aromatic heterocycles. The number of H-pyrrole nitrogens is 1. The number of ether oxygens (including phenoxy) is 1. The van der Waals surface area contributed by atoms with Crippen LogP contribution in [0.25, 0.3) is 10.9 Å². The average molecular weight is 297 g/mol. The van der Waals surface area contributed by atoms with Crippen molar-refractivity contribution in [3.8, 4) is 0 Å². The van der Waals surface area contributed by atoms with Crippen LogP contribution in [0.5, 0.6) is 0 Å². The molecule has 0 saturated carbocycles. The van der Waals surface area contributed by atoms with Gasteiger partial charge in [0.05, 0.1) is 12.7 Å². The van der Waals surface area contributed by atoms with Crippen LogP contribution in [0.3, 0.4) is 0 Å². The first-order chi connectivity index (χ1) is 9.51. The second kappa shape index (κ2) is 6.26. The van der Waals surface area contributed by atoms with E-state index in [-0.39, 0.29) is 19.1 Å². The largest absolute Gasteiger partial charge is 0.389 e. The summed E-state index contributed by atoms with van der Waals surface area (Å²) in [4.78, 5) is 16.7. The molecule has 20 heavy (non-hydrogen) atoms. The number of nitrogens with zero attached hydrogens (tertiary/aromatic N) is 1. The van der Waals surface area contributed by atoms with E-state index < -0.39 is 6.10 Å². The number of hydrogen-bond donors (Lipinski definition) is 2. The molecular formula is C14H17ClN2O3. The van der Waals surface area contributed by atoms with Gasteiger partial charge >= 0.3 is 0 Å². The number of aromatic amines is 1. The summed E-state index contributed by atoms with van der Waals surface area (Å²) in [7, 11) is 3.15. The molecule has 2 rings (SSSR count). The van der Waals surface area contributed by atoms with Gasteiger partial charge in [0, 0.05) is 36.6 Å². The number of rotatable bonds is 5. The molecule has 1 aromatic carbocycles. The standard InChI is InChI=1S/C14H17ClN2O3/c1-17(7-11(18)8-20-2)14(19)13-5-9-3-4-10(15)6-12(9)16-13/h3-6,11,16,18H,7-8H2,1-2H3. The van der Waals surface area contributed by atoms with Crippen molar-refractivity contribution in [2.45, 2.75) is 6.10 Å². The van der Waals surface area contributed by atoms with Crippen LogP contribution in [0.1, 0.15) is 10.5 Å². The van der Waals surface area contributed by atoms with Crippen molar-refractivity contribution in [3.05, 3.63) is 35.0 Å². The summed E-state index contributed by atoms with van der Waals surface area (Å²) < 4.78 is 4.84. The van der Waals surface area contributed by atoms with Crippen molar-refractivity contribution in [3.63, 3.8) is 0 Å². The van der Waals surface area contributed by atoms with Crippen molar-refractivity contribution < 1.29 is 14.6 Å². The van der Waals surface area contributed by atoms with Crippen LogP contribution in [-0.4, -0.2) is 54.3 Å². The molecule has 0 spiro atoms. The highest BCUT2D eigenvalue weighted by atomic mass is 35.5. The molecule has 1 amide bonds. The quantitative estimate of drug-likeness (QED) is 0.886. The van der Waals surface area contributed by atoms with Gasteiger partial charge in [-0.3, -0.25) is 4.79 Å². The second-order valence-electron chi connectivity index (χ2n) is 4.71. The fraction of sp³-hybridized carbons (Fsp3) is 0.357. The molecule has 2 N–H and O–H groups in total. The van der Waals surface area contributed by atoms with Gasteiger partial charge in [-0.15, -0.1) is 0 Å². The molecule has 108 valence electrons. The lowest BCUT2D eigenvalue weighted by atomic mass is 10.2. The van der Waals surface area contributed by atoms with E-state index >= 15 is 0 Å². The van der Waals surface area contributed by atoms with Crippen LogP contribution in [-0.2, 0) is 4.74 Å². The zero-order valence-electron chi connectivity index (χ0n) is 11.4. The minimum Gasteiger partial charge on any atom is -0.389 e. The number of aliphatic hydroxyl groups excluding tert-OH is 1. The Balaban J connectivity index is 2.14. The monoisotopic (exact) mass is 296 g/mol. The van der Waals surface area contributed by atoms with Crippen molar-refractivity contribution in [2.75, 3.05) is 27.3 Å². The summed E-state index contributed by atoms with van der Waals surface area (Å²) in [5.41, 5.74) is 1.28. The third-order valence-corrected chi connectivity index (χ3v) is 3.24. The van der Waals surface area contributed by atoms with Crippen LogP contribution >= 0.6 is 11.6 Å². The third kappa shape index (κ3) is 3.30. The zero-order chi connectivity index (χ0) is 14.7. The number of halogens is 1. The molecule has 0 fully saturated rings. The number of carbonyl (C=O) groups excluding carboxylic acids is 1. The highest BCUT2D eigenvalue weighted by molar-refractivity contribution is 6.31. The van der Waals surface area contributed by atoms with Gasteiger partial charge in [0.1, 0.15) is 5.69 Å². The van der Waals surface area contributed by atoms with Crippen molar-refractivity contribution in [1.29, 1.82) is 0 Å². The molecule has 0 aliphatic carbocycles. The van der Waals surface area contributed by atoms with Crippen LogP contribution in [0.15, 0.2) is 24.3 Å². The van der Waals surface area contributed by atoms with Gasteiger partial charge in [0.2, 0.25) is 0 Å². The van der Waals surface area contributed by atoms with Gasteiger partial charge in [-0.05, 0) is 18.2 Å². The number of hydrogen-bond acceptors (Lipinski definition) is 3. The van der Waals surface area contributed by atoms with Crippen LogP contribution < -0.4 is 0 Å². The Morgan fingerprint density at radius 3 is 2.95 bits per heavy atom. The summed E-state index contributed by atoms with van der Waals surface area (Å²) in [5, 5.41) is 11.2. The highest BCUT2D eigenvalue weighted by Gasteiger charge is 2.17. The van der Waals surface area contributed by atoms with E-state index in [0.717, 1.165) is 10.9 Å². The molecule has 5 nitrogen and oxygen atoms in total. The van der Waals surface area contributed by atoms with E-state index in [4.69, 9.17) is 16.3 Å². The van der Waals surface area contributed by atoms with Crippen molar-refractivity contribution in [2.24, 2.45) is 0 Å². The molecular weight excluding hydrogens is 280 g/mol. The Hall–Kier alpha value is -1.56. The third-order valence-electron chi connectivity index (χ3n) is 3.01. The van der Waals surface area contributed by atoms with Gasteiger partial charge < -0.3 is 19.7 Å². The predicted molar refractivity (Wildman–Crippen MR) is 78.2 cm³/mol. The Bertz CT molecular complexity index is 611. The van der Waals surface area contributed by atoms with Gasteiger partial charge in [0.25, 0.3) is 5.91 Å². The number of likely N-dealkylation sites (N-methyl/N-ethyl adjacent to an activating group) is 1. The summed E-state index contributed by atoms with van der Waals surface area (Å²) in [5.74, 6) is -0.188. The lowest BCUT2D eigenvalue weighted by molar-refractivity contribution is 0.0378. The van der Waals surface area contributed by atoms with Crippen molar-refractivity contribution in [1.82, 2.24) is 9.88 Å². The molecule has 6 heteroatoms. The molecule has 0 aliphatic heterocycles. The lowest BCUT2D eigenvalue weighted by Crippen LogP contribution is -2.36. The predicted octanol–water partition coefficient (Wildman–Crippen LogP) is 1.90. The number of carbonyl (C=O) groups is 1. The first-order valence-electron chi connectivity index (χ1n) is 6.22. The van der Waals surface area contributed by atoms with E-state index in [1.54, 1.807) is 25.2 Å². The Kier molecular flexibility index (Phi) is 4.65. The summed E-state index contributed by atoms with van der Waals surface area (Å²) in [6.07, 6.45) is -0.701. The van der Waals surface area contributed by atoms with E-state index in [9.17, 15) is 9.90 Å². The van der Waals surface area contributed by atoms with Crippen molar-refractivity contribution >= 4 is 28.4 Å². The minimum absolute atomic E-state index is 0.188. The molecule has 0 radical (unpaired) electrons. The Labute approximate surface area is 122 Å². The van der Waals surface area contributed by atoms with Gasteiger partial charge in [-0.25, -0.2) is 0 Å². The van der Waals surface area contributed by atoms with Crippen LogP contribution in [0, 0.1) is 0 Å². The topological polar surface area (TPSA) is 65.6 Å². The molecule has 1 atom stereocenters. The first kappa shape index (κ1) is 14.8. The second-order valence-corrected chi connectivity index (χ2v) is 5.15. The summed E-state index contributed by atoms with van der Waals surface area (Å²) >= 11 is 5.91. The Morgan fingerprint density at radius 1 is 1.50 bits per heavy atom. The molecule has 0 saturated heterocycles. The van der Waals surface area contributed by atoms with E-state index in [1.165, 1.54) is 12.0 Å². The molecule has 1 heterocycles. The van der Waals surface area contributed by atoms with E-state index in [0.29, 0.717) is 10.7 Å². The SMILES string of the molecule is COCC(O)CN(C)C(=O)c1cc2ccc(Cl)cc2[nH]1. The maximum atomic E-state index is 12.2. The number of methoxy groups -OCH3 is 1. The summed E-state index contributed by atoms with van der Waals surface area (Å²) in [6, 6.07) is 7.17. The Morgan fingerprint density at radius 2 is 2.25 bits per heavy atom. The first-order valence-corrected chi connectivity index (χ1v) is 6.60. The molecule has 0 bridgehead atoms. The molecule has 2 aromatic rings. The fourth-order valence-electron chi connectivity index (χ4n) is 2.06. The lowest BCUT2D eigenvalue weighted by Gasteiger charge is -2.19. The average Bonchev–Trinajstić information content (AvgIpc) is 2.80. The van der Waals surface area contributed by atoms with Gasteiger partial charge in [-0.1, -0.05) is 17.7 Å². The van der Waals surface area contributed by atoms with Gasteiger partial charge in [-0.2, -0.15) is 0 Å². The van der Waals surface area contributed by atoms with E-state index in [2.05, 4.69) is 4.98 Å². The number of nitrogens with one attached hydrogen (secondary N) is 1. The van der Waals surface area contributed by atoms with Crippen LogP contribution in [0.4, 0.5) is 0 Å². The number of benzene rings is 1. The smallest absolute Gasteiger partial charge is 0.270 e. The zero-order valence-corrected chi connectivity index (χ0v) is 12.1. The molecule has 1 unspecified atom stereocenters. The fourth-order valence-corrected chi connectivity index (χ4v) is 2.24. The normalized spacial score (nSPS) is 12.6. The van der Waals surface area contributed by atoms with Gasteiger partial charge in [0.15, 0.2) is 0 Å². The minimum atomic E-state index is -0.701. The molecule has 0 aliphatic rings. The van der Waals surface area contributed by atoms with E-state index in [1.807, 2.05) is 6.07 Å². The maximum absolute atomic E-state index is 12.2. The highest BCUT2D eigenvalue weighted by Crippen LogP contribution is 2.20. The number of amides is 1. The number of aromatic nitrogens is 1. The number of aliphatic hydroxyl groups is 1. The summed E-state index contributed by atoms with van der Waals surface area (Å²) in [6.45, 7) is 0.405. The maximum Gasteiger partial charge on any atom is 0.270 e. The van der Waals surface area contributed by atoms with Crippen LogP contribution in [0.2, 0.25) is 5.02 Å².